The Morgan fingerprint density at radius 3 is 3.00 bits per heavy atom. The Bertz CT molecular complexity index is 587. The summed E-state index contributed by atoms with van der Waals surface area (Å²) < 4.78 is 16.2. The second-order valence-corrected chi connectivity index (χ2v) is 5.37. The van der Waals surface area contributed by atoms with Crippen LogP contribution in [-0.2, 0) is 13.0 Å². The van der Waals surface area contributed by atoms with Gasteiger partial charge in [0.25, 0.3) is 0 Å². The highest BCUT2D eigenvalue weighted by atomic mass is 19.1. The normalized spacial score (nSPS) is 14.7. The molecule has 0 bridgehead atoms. The molecular weight excluding hydrogens is 253 g/mol. The molecule has 20 heavy (non-hydrogen) atoms. The average Bonchev–Trinajstić information content (AvgIpc) is 3.17. The van der Waals surface area contributed by atoms with E-state index in [4.69, 9.17) is 0 Å². The summed E-state index contributed by atoms with van der Waals surface area (Å²) in [4.78, 5) is 4.35. The first-order valence-corrected chi connectivity index (χ1v) is 7.33. The van der Waals surface area contributed by atoms with Crippen LogP contribution < -0.4 is 5.32 Å². The molecule has 0 atom stereocenters. The Morgan fingerprint density at radius 1 is 1.40 bits per heavy atom. The molecule has 1 aromatic heterocycles. The average molecular weight is 273 g/mol. The Kier molecular flexibility index (Phi) is 3.83. The second kappa shape index (κ2) is 5.75. The molecule has 1 saturated carbocycles. The number of nitrogens with zero attached hydrogens (tertiary/aromatic N) is 2. The molecule has 106 valence electrons. The van der Waals surface area contributed by atoms with Crippen molar-refractivity contribution in [2.75, 3.05) is 0 Å². The zero-order valence-corrected chi connectivity index (χ0v) is 11.8. The summed E-state index contributed by atoms with van der Waals surface area (Å²) in [6.07, 6.45) is 7.92. The third kappa shape index (κ3) is 2.75. The molecule has 2 aromatic rings. The number of para-hydroxylation sites is 1. The van der Waals surface area contributed by atoms with Crippen molar-refractivity contribution in [3.05, 3.63) is 47.8 Å². The van der Waals surface area contributed by atoms with Gasteiger partial charge in [-0.2, -0.15) is 0 Å². The number of rotatable bonds is 6. The zero-order valence-electron chi connectivity index (χ0n) is 11.8. The number of imidazole rings is 1. The lowest BCUT2D eigenvalue weighted by Crippen LogP contribution is -2.18. The fraction of sp³-hybridized carbons (Fsp3) is 0.438. The van der Waals surface area contributed by atoms with Crippen LogP contribution in [0.4, 0.5) is 4.39 Å². The maximum Gasteiger partial charge on any atom is 0.147 e. The van der Waals surface area contributed by atoms with Crippen molar-refractivity contribution in [1.29, 1.82) is 0 Å². The van der Waals surface area contributed by atoms with E-state index in [0.29, 0.717) is 18.3 Å². The SMILES string of the molecule is CCCc1nccn1-c1c(F)cccc1CNC1CC1. The Hall–Kier alpha value is -1.68. The molecule has 1 aromatic carbocycles. The molecule has 1 N–H and O–H groups in total. The van der Waals surface area contributed by atoms with E-state index >= 15 is 0 Å². The van der Waals surface area contributed by atoms with Gasteiger partial charge in [-0.3, -0.25) is 0 Å². The topological polar surface area (TPSA) is 29.9 Å². The molecule has 4 heteroatoms. The van der Waals surface area contributed by atoms with Crippen molar-refractivity contribution < 1.29 is 4.39 Å². The number of hydrogen-bond acceptors (Lipinski definition) is 2. The van der Waals surface area contributed by atoms with Gasteiger partial charge in [0.05, 0.1) is 5.69 Å². The Morgan fingerprint density at radius 2 is 2.25 bits per heavy atom. The van der Waals surface area contributed by atoms with Gasteiger partial charge in [0.2, 0.25) is 0 Å². The number of benzene rings is 1. The van der Waals surface area contributed by atoms with Crippen LogP contribution in [0.3, 0.4) is 0 Å². The predicted octanol–water partition coefficient (Wildman–Crippen LogP) is 3.22. The van der Waals surface area contributed by atoms with Gasteiger partial charge in [0.15, 0.2) is 0 Å². The molecule has 1 fully saturated rings. The number of nitrogens with one attached hydrogen (secondary N) is 1. The van der Waals surface area contributed by atoms with E-state index in [1.807, 2.05) is 16.8 Å². The summed E-state index contributed by atoms with van der Waals surface area (Å²) in [7, 11) is 0. The van der Waals surface area contributed by atoms with Crippen molar-refractivity contribution >= 4 is 0 Å². The van der Waals surface area contributed by atoms with E-state index in [1.54, 1.807) is 12.3 Å². The van der Waals surface area contributed by atoms with Gasteiger partial charge in [0.1, 0.15) is 11.6 Å². The lowest BCUT2D eigenvalue weighted by atomic mass is 10.1. The largest absolute Gasteiger partial charge is 0.310 e. The Labute approximate surface area is 118 Å². The van der Waals surface area contributed by atoms with E-state index in [1.165, 1.54) is 18.9 Å². The molecule has 1 heterocycles. The van der Waals surface area contributed by atoms with Crippen LogP contribution in [-0.4, -0.2) is 15.6 Å². The van der Waals surface area contributed by atoms with Crippen molar-refractivity contribution in [2.24, 2.45) is 0 Å². The number of aromatic nitrogens is 2. The monoisotopic (exact) mass is 273 g/mol. The summed E-state index contributed by atoms with van der Waals surface area (Å²) in [6, 6.07) is 5.90. The van der Waals surface area contributed by atoms with Gasteiger partial charge in [-0.05, 0) is 30.9 Å². The first-order valence-electron chi connectivity index (χ1n) is 7.33. The van der Waals surface area contributed by atoms with Crippen molar-refractivity contribution in [3.63, 3.8) is 0 Å². The predicted molar refractivity (Wildman–Crippen MR) is 77.4 cm³/mol. The molecule has 0 spiro atoms. The van der Waals surface area contributed by atoms with E-state index < -0.39 is 0 Å². The van der Waals surface area contributed by atoms with Gasteiger partial charge in [0, 0.05) is 31.4 Å². The van der Waals surface area contributed by atoms with Crippen molar-refractivity contribution in [3.8, 4) is 5.69 Å². The number of aryl methyl sites for hydroxylation is 1. The van der Waals surface area contributed by atoms with Crippen LogP contribution in [0, 0.1) is 5.82 Å². The zero-order chi connectivity index (χ0) is 13.9. The molecule has 1 aliphatic rings. The van der Waals surface area contributed by atoms with Crippen molar-refractivity contribution in [2.45, 2.75) is 45.2 Å². The summed E-state index contributed by atoms with van der Waals surface area (Å²) in [5.74, 6) is 0.737. The molecule has 1 aliphatic carbocycles. The molecule has 0 radical (unpaired) electrons. The first kappa shape index (κ1) is 13.3. The minimum Gasteiger partial charge on any atom is -0.310 e. The third-order valence-electron chi connectivity index (χ3n) is 3.66. The number of halogens is 1. The smallest absolute Gasteiger partial charge is 0.147 e. The Balaban J connectivity index is 1.95. The van der Waals surface area contributed by atoms with Crippen LogP contribution >= 0.6 is 0 Å². The van der Waals surface area contributed by atoms with Crippen LogP contribution in [0.1, 0.15) is 37.6 Å². The van der Waals surface area contributed by atoms with Gasteiger partial charge in [-0.15, -0.1) is 0 Å². The third-order valence-corrected chi connectivity index (χ3v) is 3.66. The quantitative estimate of drug-likeness (QED) is 0.876. The fourth-order valence-electron chi connectivity index (χ4n) is 2.46. The summed E-state index contributed by atoms with van der Waals surface area (Å²) >= 11 is 0. The van der Waals surface area contributed by atoms with Gasteiger partial charge < -0.3 is 9.88 Å². The van der Waals surface area contributed by atoms with Crippen LogP contribution in [0.2, 0.25) is 0 Å². The van der Waals surface area contributed by atoms with Gasteiger partial charge in [-0.25, -0.2) is 9.37 Å². The molecule has 3 rings (SSSR count). The van der Waals surface area contributed by atoms with E-state index in [-0.39, 0.29) is 5.82 Å². The molecule has 0 unspecified atom stereocenters. The maximum atomic E-state index is 14.3. The van der Waals surface area contributed by atoms with Crippen LogP contribution in [0.25, 0.3) is 5.69 Å². The molecule has 0 saturated heterocycles. The van der Waals surface area contributed by atoms with Crippen molar-refractivity contribution in [1.82, 2.24) is 14.9 Å². The second-order valence-electron chi connectivity index (χ2n) is 5.37. The minimum atomic E-state index is -0.185. The summed E-state index contributed by atoms with van der Waals surface area (Å²) in [5, 5.41) is 3.45. The van der Waals surface area contributed by atoms with Crippen LogP contribution in [0.15, 0.2) is 30.6 Å². The maximum absolute atomic E-state index is 14.3. The van der Waals surface area contributed by atoms with Crippen LogP contribution in [0.5, 0.6) is 0 Å². The highest BCUT2D eigenvalue weighted by molar-refractivity contribution is 5.43. The molecule has 0 amide bonds. The fourth-order valence-corrected chi connectivity index (χ4v) is 2.46. The van der Waals surface area contributed by atoms with E-state index in [9.17, 15) is 4.39 Å². The van der Waals surface area contributed by atoms with E-state index in [0.717, 1.165) is 24.2 Å². The lowest BCUT2D eigenvalue weighted by Gasteiger charge is -2.14. The number of hydrogen-bond donors (Lipinski definition) is 1. The lowest BCUT2D eigenvalue weighted by molar-refractivity contribution is 0.604. The molecule has 3 nitrogen and oxygen atoms in total. The minimum absolute atomic E-state index is 0.185. The standard InChI is InChI=1S/C16H20FN3/c1-2-4-15-18-9-10-20(15)16-12(5-3-6-14(16)17)11-19-13-7-8-13/h3,5-6,9-10,13,19H,2,4,7-8,11H2,1H3. The summed E-state index contributed by atoms with van der Waals surface area (Å²) in [6.45, 7) is 2.82. The molecule has 0 aliphatic heterocycles. The molecular formula is C16H20FN3. The first-order chi connectivity index (χ1) is 9.79. The van der Waals surface area contributed by atoms with Gasteiger partial charge in [-0.1, -0.05) is 19.1 Å². The van der Waals surface area contributed by atoms with E-state index in [2.05, 4.69) is 17.2 Å². The van der Waals surface area contributed by atoms with Gasteiger partial charge >= 0.3 is 0 Å². The summed E-state index contributed by atoms with van der Waals surface area (Å²) in [5.41, 5.74) is 1.63. The highest BCUT2D eigenvalue weighted by Gasteiger charge is 2.21. The highest BCUT2D eigenvalue weighted by Crippen LogP contribution is 2.23.